The highest BCUT2D eigenvalue weighted by atomic mass is 16.3. The second-order valence-electron chi connectivity index (χ2n) is 12.3. The second kappa shape index (κ2) is 10.1. The van der Waals surface area contributed by atoms with Crippen LogP contribution in [0, 0.1) is 11.8 Å². The van der Waals surface area contributed by atoms with Gasteiger partial charge in [-0.25, -0.2) is 19.3 Å². The summed E-state index contributed by atoms with van der Waals surface area (Å²) in [5.74, 6) is 2.48. The van der Waals surface area contributed by atoms with Crippen LogP contribution in [0.1, 0.15) is 43.0 Å². The van der Waals surface area contributed by atoms with E-state index in [-0.39, 0.29) is 12.1 Å². The summed E-state index contributed by atoms with van der Waals surface area (Å²) < 4.78 is 3.26. The molecule has 2 aliphatic heterocycles. The first-order valence-corrected chi connectivity index (χ1v) is 15.2. The van der Waals surface area contributed by atoms with Crippen molar-refractivity contribution in [2.24, 2.45) is 11.8 Å². The summed E-state index contributed by atoms with van der Waals surface area (Å²) in [4.78, 5) is 32.5. The Hall–Kier alpha value is -4.02. The van der Waals surface area contributed by atoms with Crippen LogP contribution in [0.15, 0.2) is 60.0 Å². The molecule has 10 nitrogen and oxygen atoms in total. The van der Waals surface area contributed by atoms with Gasteiger partial charge in [0.2, 0.25) is 5.95 Å². The molecular weight excluding hydrogens is 528 g/mol. The molecular formula is C32H36N8O2. The molecule has 216 valence electrons. The van der Waals surface area contributed by atoms with Crippen molar-refractivity contribution in [3.63, 3.8) is 0 Å². The quantitative estimate of drug-likeness (QED) is 0.327. The minimum Gasteiger partial charge on any atom is -0.387 e. The zero-order chi connectivity index (χ0) is 28.4. The third-order valence-corrected chi connectivity index (χ3v) is 9.79. The van der Waals surface area contributed by atoms with Crippen molar-refractivity contribution in [1.29, 1.82) is 0 Å². The first-order valence-electron chi connectivity index (χ1n) is 15.2. The average molecular weight is 565 g/mol. The summed E-state index contributed by atoms with van der Waals surface area (Å²) in [7, 11) is 0. The number of fused-ring (bicyclic) bond motifs is 3. The van der Waals surface area contributed by atoms with E-state index >= 15 is 0 Å². The zero-order valence-electron chi connectivity index (χ0n) is 23.7. The van der Waals surface area contributed by atoms with Crippen LogP contribution in [0.3, 0.4) is 0 Å². The van der Waals surface area contributed by atoms with Crippen molar-refractivity contribution in [2.75, 3.05) is 36.4 Å². The van der Waals surface area contributed by atoms with E-state index in [1.807, 2.05) is 12.1 Å². The maximum Gasteiger partial charge on any atom is 0.278 e. The van der Waals surface area contributed by atoms with Gasteiger partial charge in [-0.3, -0.25) is 9.69 Å². The van der Waals surface area contributed by atoms with Crippen molar-refractivity contribution >= 4 is 28.4 Å². The number of allylic oxidation sites excluding steroid dienone is 1. The average Bonchev–Trinajstić information content (AvgIpc) is 3.71. The number of anilines is 3. The molecule has 0 amide bonds. The van der Waals surface area contributed by atoms with Crippen molar-refractivity contribution in [1.82, 2.24) is 29.2 Å². The number of hydrogen-bond donors (Lipinski definition) is 2. The fourth-order valence-corrected chi connectivity index (χ4v) is 7.32. The smallest absolute Gasteiger partial charge is 0.278 e. The minimum absolute atomic E-state index is 0.213. The van der Waals surface area contributed by atoms with E-state index in [2.05, 4.69) is 50.9 Å². The molecule has 42 heavy (non-hydrogen) atoms. The molecule has 0 spiro atoms. The fraction of sp³-hybridized carbons (Fsp3) is 0.438. The number of hydrogen-bond acceptors (Lipinski definition) is 8. The lowest BCUT2D eigenvalue weighted by molar-refractivity contribution is 0.149. The van der Waals surface area contributed by atoms with Crippen LogP contribution in [-0.2, 0) is 13.0 Å². The maximum atomic E-state index is 13.3. The standard InChI is InChI=1S/C32H36N8O2/c1-2-14-39-31(42)26-15-33-32(36-30(26)40(39)28-13-7-20-6-12-27(41)29(20)35-28)34-23-8-10-25(11-9-23)38-18-21-16-37(17-22(21)19-38)24-4-3-5-24/h2,7-11,13,15,21-22,24,27,41H,1,3-6,12,14,16-19H2,(H,33,34,36)/t21-,22+,27?. The van der Waals surface area contributed by atoms with Crippen molar-refractivity contribution < 1.29 is 5.11 Å². The monoisotopic (exact) mass is 564 g/mol. The molecule has 1 unspecified atom stereocenters. The van der Waals surface area contributed by atoms with E-state index in [0.29, 0.717) is 34.9 Å². The van der Waals surface area contributed by atoms with Gasteiger partial charge in [0.1, 0.15) is 5.39 Å². The molecule has 3 atom stereocenters. The highest BCUT2D eigenvalue weighted by Gasteiger charge is 2.43. The molecule has 2 saturated heterocycles. The largest absolute Gasteiger partial charge is 0.387 e. The maximum absolute atomic E-state index is 13.3. The Kier molecular flexibility index (Phi) is 6.15. The summed E-state index contributed by atoms with van der Waals surface area (Å²) in [6, 6.07) is 13.2. The van der Waals surface area contributed by atoms with Gasteiger partial charge in [0, 0.05) is 49.8 Å². The van der Waals surface area contributed by atoms with E-state index in [4.69, 9.17) is 9.97 Å². The van der Waals surface area contributed by atoms with Crippen LogP contribution in [0.5, 0.6) is 0 Å². The lowest BCUT2D eigenvalue weighted by Gasteiger charge is -2.35. The van der Waals surface area contributed by atoms with Crippen LogP contribution in [0.25, 0.3) is 16.9 Å². The van der Waals surface area contributed by atoms with Crippen LogP contribution in [0.2, 0.25) is 0 Å². The van der Waals surface area contributed by atoms with Gasteiger partial charge in [0.05, 0.1) is 18.3 Å². The fourth-order valence-electron chi connectivity index (χ4n) is 7.32. The molecule has 3 fully saturated rings. The van der Waals surface area contributed by atoms with E-state index in [1.54, 1.807) is 21.6 Å². The highest BCUT2D eigenvalue weighted by molar-refractivity contribution is 5.77. The first-order chi connectivity index (χ1) is 20.6. The molecule has 5 heterocycles. The molecule has 8 rings (SSSR count). The number of likely N-dealkylation sites (tertiary alicyclic amines) is 1. The van der Waals surface area contributed by atoms with Crippen molar-refractivity contribution in [2.45, 2.75) is 50.8 Å². The number of benzene rings is 1. The Morgan fingerprint density at radius 1 is 1.00 bits per heavy atom. The Morgan fingerprint density at radius 2 is 1.79 bits per heavy atom. The predicted octanol–water partition coefficient (Wildman–Crippen LogP) is 3.81. The SMILES string of the molecule is C=CCn1c(=O)c2cnc(Nc3ccc(N4C[C@@H]5CN(C6CCC6)C[C@@H]5C4)cc3)nc2n1-c1ccc2c(n1)C(O)CC2. The number of aliphatic hydroxyl groups excluding tert-OH is 1. The Bertz CT molecular complexity index is 1710. The number of aryl methyl sites for hydroxylation is 1. The van der Waals surface area contributed by atoms with Gasteiger partial charge in [0.15, 0.2) is 11.5 Å². The van der Waals surface area contributed by atoms with Crippen LogP contribution < -0.4 is 15.8 Å². The predicted molar refractivity (Wildman–Crippen MR) is 163 cm³/mol. The molecule has 1 aromatic carbocycles. The topological polar surface area (TPSA) is 104 Å². The Morgan fingerprint density at radius 3 is 2.50 bits per heavy atom. The molecule has 2 aliphatic carbocycles. The summed E-state index contributed by atoms with van der Waals surface area (Å²) in [6.07, 6.45) is 8.27. The molecule has 1 saturated carbocycles. The van der Waals surface area contributed by atoms with Crippen molar-refractivity contribution in [3.05, 3.63) is 76.9 Å². The van der Waals surface area contributed by atoms with Crippen molar-refractivity contribution in [3.8, 4) is 5.82 Å². The van der Waals surface area contributed by atoms with Crippen LogP contribution in [0.4, 0.5) is 17.3 Å². The summed E-state index contributed by atoms with van der Waals surface area (Å²) in [6.45, 7) is 8.89. The summed E-state index contributed by atoms with van der Waals surface area (Å²) in [5, 5.41) is 14.1. The molecule has 4 aliphatic rings. The molecule has 0 bridgehead atoms. The molecule has 0 radical (unpaired) electrons. The third kappa shape index (κ3) is 4.23. The lowest BCUT2D eigenvalue weighted by Crippen LogP contribution is -2.40. The highest BCUT2D eigenvalue weighted by Crippen LogP contribution is 2.38. The molecule has 4 aromatic rings. The van der Waals surface area contributed by atoms with Gasteiger partial charge in [-0.15, -0.1) is 6.58 Å². The van der Waals surface area contributed by atoms with Gasteiger partial charge >= 0.3 is 0 Å². The van der Waals surface area contributed by atoms with Gasteiger partial charge in [0.25, 0.3) is 5.56 Å². The Labute approximate surface area is 244 Å². The van der Waals surface area contributed by atoms with Gasteiger partial charge < -0.3 is 15.3 Å². The van der Waals surface area contributed by atoms with E-state index in [0.717, 1.165) is 48.6 Å². The number of pyridine rings is 1. The van der Waals surface area contributed by atoms with Crippen LogP contribution >= 0.6 is 0 Å². The number of nitrogens with one attached hydrogen (secondary N) is 1. The number of rotatable bonds is 7. The van der Waals surface area contributed by atoms with Gasteiger partial charge in [-0.05, 0) is 73.4 Å². The number of aliphatic hydroxyl groups is 1. The Balaban J connectivity index is 1.04. The molecule has 2 N–H and O–H groups in total. The summed E-state index contributed by atoms with van der Waals surface area (Å²) >= 11 is 0. The first kappa shape index (κ1) is 25.7. The second-order valence-corrected chi connectivity index (χ2v) is 12.3. The summed E-state index contributed by atoms with van der Waals surface area (Å²) in [5.41, 5.74) is 4.07. The molecule has 3 aromatic heterocycles. The van der Waals surface area contributed by atoms with Crippen LogP contribution in [-0.4, -0.2) is 66.5 Å². The normalized spacial score (nSPS) is 23.7. The number of aromatic nitrogens is 5. The van der Waals surface area contributed by atoms with Gasteiger partial charge in [-0.2, -0.15) is 4.98 Å². The minimum atomic E-state index is -0.599. The van der Waals surface area contributed by atoms with Gasteiger partial charge in [-0.1, -0.05) is 18.6 Å². The third-order valence-electron chi connectivity index (χ3n) is 9.79. The van der Waals surface area contributed by atoms with E-state index in [1.165, 1.54) is 38.0 Å². The zero-order valence-corrected chi connectivity index (χ0v) is 23.7. The lowest BCUT2D eigenvalue weighted by atomic mass is 9.92. The van der Waals surface area contributed by atoms with E-state index < -0.39 is 6.10 Å². The number of nitrogens with zero attached hydrogens (tertiary/aromatic N) is 7. The molecule has 10 heteroatoms. The van der Waals surface area contributed by atoms with E-state index in [9.17, 15) is 9.90 Å².